The molecule has 0 saturated carbocycles. The second-order valence-corrected chi connectivity index (χ2v) is 9.00. The summed E-state index contributed by atoms with van der Waals surface area (Å²) >= 11 is 2.74. The lowest BCUT2D eigenvalue weighted by atomic mass is 10.1. The van der Waals surface area contributed by atoms with Gasteiger partial charge in [-0.1, -0.05) is 46.9 Å². The van der Waals surface area contributed by atoms with E-state index < -0.39 is 0 Å². The molecule has 1 atom stereocenters. The van der Waals surface area contributed by atoms with E-state index in [0.29, 0.717) is 5.13 Å². The molecule has 9 heteroatoms. The fourth-order valence-electron chi connectivity index (χ4n) is 2.57. The molecule has 2 heterocycles. The van der Waals surface area contributed by atoms with Gasteiger partial charge in [0.15, 0.2) is 11.0 Å². The van der Waals surface area contributed by atoms with Crippen molar-refractivity contribution in [3.63, 3.8) is 0 Å². The fourth-order valence-corrected chi connectivity index (χ4v) is 4.15. The average molecular weight is 403 g/mol. The minimum Gasteiger partial charge on any atom is -0.300 e. The van der Waals surface area contributed by atoms with Crippen LogP contribution in [0.25, 0.3) is 11.4 Å². The molecule has 0 aliphatic heterocycles. The monoisotopic (exact) mass is 402 g/mol. The third-order valence-electron chi connectivity index (χ3n) is 3.86. The van der Waals surface area contributed by atoms with Gasteiger partial charge >= 0.3 is 0 Å². The summed E-state index contributed by atoms with van der Waals surface area (Å²) in [5.74, 6) is 0.676. The molecule has 0 fully saturated rings. The number of benzene rings is 1. The summed E-state index contributed by atoms with van der Waals surface area (Å²) in [7, 11) is 0. The molecule has 1 amide bonds. The molecule has 142 valence electrons. The lowest BCUT2D eigenvalue weighted by Gasteiger charge is -2.16. The number of anilines is 1. The Balaban J connectivity index is 1.81. The first-order chi connectivity index (χ1) is 12.8. The molecule has 0 spiro atoms. The topological polar surface area (TPSA) is 85.6 Å². The van der Waals surface area contributed by atoms with Crippen molar-refractivity contribution >= 4 is 34.1 Å². The van der Waals surface area contributed by atoms with Crippen molar-refractivity contribution in [1.82, 2.24) is 25.0 Å². The van der Waals surface area contributed by atoms with Crippen LogP contribution in [0.3, 0.4) is 0 Å². The highest BCUT2D eigenvalue weighted by atomic mass is 32.2. The Bertz CT molecular complexity index is 949. The van der Waals surface area contributed by atoms with E-state index in [9.17, 15) is 4.79 Å². The van der Waals surface area contributed by atoms with Gasteiger partial charge in [0.1, 0.15) is 5.01 Å². The van der Waals surface area contributed by atoms with Crippen molar-refractivity contribution in [3.8, 4) is 11.4 Å². The van der Waals surface area contributed by atoms with Crippen LogP contribution in [0.15, 0.2) is 29.4 Å². The molecule has 7 nitrogen and oxygen atoms in total. The highest BCUT2D eigenvalue weighted by molar-refractivity contribution is 8.00. The first-order valence-electron chi connectivity index (χ1n) is 8.64. The molecule has 0 radical (unpaired) electrons. The summed E-state index contributed by atoms with van der Waals surface area (Å²) in [6.45, 7) is 9.92. The molecule has 0 bridgehead atoms. The molecule has 0 aliphatic rings. The first-order valence-corrected chi connectivity index (χ1v) is 10.3. The molecular formula is C18H22N6OS2. The van der Waals surface area contributed by atoms with Gasteiger partial charge in [-0.05, 0) is 40.7 Å². The lowest BCUT2D eigenvalue weighted by Crippen LogP contribution is -2.23. The van der Waals surface area contributed by atoms with Crippen LogP contribution in [-0.4, -0.2) is 36.1 Å². The van der Waals surface area contributed by atoms with Gasteiger partial charge in [0.05, 0.1) is 5.25 Å². The number of nitrogens with zero attached hydrogens (tertiary/aromatic N) is 5. The Morgan fingerprint density at radius 3 is 2.56 bits per heavy atom. The lowest BCUT2D eigenvalue weighted by molar-refractivity contribution is -0.115. The largest absolute Gasteiger partial charge is 0.300 e. The van der Waals surface area contributed by atoms with E-state index in [1.807, 2.05) is 26.0 Å². The predicted molar refractivity (Wildman–Crippen MR) is 109 cm³/mol. The van der Waals surface area contributed by atoms with Crippen molar-refractivity contribution in [3.05, 3.63) is 34.8 Å². The zero-order valence-corrected chi connectivity index (χ0v) is 17.6. The summed E-state index contributed by atoms with van der Waals surface area (Å²) in [4.78, 5) is 12.5. The number of thioether (sulfide) groups is 1. The third-order valence-corrected chi connectivity index (χ3v) is 5.68. The smallest absolute Gasteiger partial charge is 0.239 e. The second-order valence-electron chi connectivity index (χ2n) is 6.51. The average Bonchev–Trinajstić information content (AvgIpc) is 3.21. The molecule has 0 aliphatic carbocycles. The molecule has 1 aromatic carbocycles. The number of carbonyl (C=O) groups excluding carboxylic acids is 1. The summed E-state index contributed by atoms with van der Waals surface area (Å²) in [5, 5.41) is 21.1. The van der Waals surface area contributed by atoms with Crippen LogP contribution in [0.4, 0.5) is 5.13 Å². The number of aromatic nitrogens is 5. The normalized spacial score (nSPS) is 12.4. The van der Waals surface area contributed by atoms with Crippen LogP contribution >= 0.6 is 23.1 Å². The van der Waals surface area contributed by atoms with Crippen LogP contribution in [-0.2, 0) is 4.79 Å². The van der Waals surface area contributed by atoms with Crippen LogP contribution in [0.1, 0.15) is 37.4 Å². The van der Waals surface area contributed by atoms with Crippen molar-refractivity contribution in [2.24, 2.45) is 0 Å². The minimum atomic E-state index is -0.346. The Morgan fingerprint density at radius 2 is 1.93 bits per heavy atom. The number of amides is 1. The van der Waals surface area contributed by atoms with Crippen LogP contribution in [0.2, 0.25) is 0 Å². The van der Waals surface area contributed by atoms with E-state index >= 15 is 0 Å². The van der Waals surface area contributed by atoms with Crippen molar-refractivity contribution in [2.45, 2.75) is 51.1 Å². The maximum atomic E-state index is 12.5. The van der Waals surface area contributed by atoms with Crippen LogP contribution in [0, 0.1) is 13.8 Å². The summed E-state index contributed by atoms with van der Waals surface area (Å²) in [6.07, 6.45) is 0. The molecule has 0 saturated heterocycles. The van der Waals surface area contributed by atoms with Gasteiger partial charge in [-0.2, -0.15) is 0 Å². The van der Waals surface area contributed by atoms with Crippen molar-refractivity contribution in [1.29, 1.82) is 0 Å². The van der Waals surface area contributed by atoms with Gasteiger partial charge in [-0.25, -0.2) is 0 Å². The maximum Gasteiger partial charge on any atom is 0.239 e. The highest BCUT2D eigenvalue weighted by Crippen LogP contribution is 2.30. The zero-order chi connectivity index (χ0) is 19.6. The summed E-state index contributed by atoms with van der Waals surface area (Å²) in [6, 6.07) is 8.34. The van der Waals surface area contributed by atoms with Gasteiger partial charge in [-0.3, -0.25) is 14.7 Å². The quantitative estimate of drug-likeness (QED) is 0.625. The number of aryl methyl sites for hydroxylation is 2. The summed E-state index contributed by atoms with van der Waals surface area (Å²) in [5.41, 5.74) is 2.18. The maximum absolute atomic E-state index is 12.5. The molecule has 3 rings (SSSR count). The van der Waals surface area contributed by atoms with E-state index in [-0.39, 0.29) is 17.2 Å². The Kier molecular flexibility index (Phi) is 5.91. The molecule has 1 N–H and O–H groups in total. The zero-order valence-electron chi connectivity index (χ0n) is 15.9. The first kappa shape index (κ1) is 19.5. The Labute approximate surface area is 166 Å². The summed E-state index contributed by atoms with van der Waals surface area (Å²) < 4.78 is 2.07. The van der Waals surface area contributed by atoms with E-state index in [0.717, 1.165) is 21.6 Å². The number of carbonyl (C=O) groups is 1. The number of hydrogen-bond donors (Lipinski definition) is 1. The molecule has 3 aromatic rings. The molecular weight excluding hydrogens is 380 g/mol. The molecule has 0 unspecified atom stereocenters. The molecule has 27 heavy (non-hydrogen) atoms. The Morgan fingerprint density at radius 1 is 1.15 bits per heavy atom. The minimum absolute atomic E-state index is 0.133. The van der Waals surface area contributed by atoms with Gasteiger partial charge in [0.2, 0.25) is 11.0 Å². The van der Waals surface area contributed by atoms with E-state index in [1.54, 1.807) is 0 Å². The van der Waals surface area contributed by atoms with Gasteiger partial charge in [-0.15, -0.1) is 20.4 Å². The Hall–Kier alpha value is -2.26. The number of nitrogens with one attached hydrogen (secondary N) is 1. The predicted octanol–water partition coefficient (Wildman–Crippen LogP) is 4.11. The van der Waals surface area contributed by atoms with Crippen LogP contribution in [0.5, 0.6) is 0 Å². The molecule has 2 aromatic heterocycles. The van der Waals surface area contributed by atoms with Gasteiger partial charge in [0.25, 0.3) is 0 Å². The SMILES string of the molecule is Cc1cccc(-c2nnc(S[C@@H](C)C(=O)Nc3nnc(C)s3)n2C(C)C)c1. The highest BCUT2D eigenvalue weighted by Gasteiger charge is 2.23. The van der Waals surface area contributed by atoms with Gasteiger partial charge < -0.3 is 0 Å². The van der Waals surface area contributed by atoms with E-state index in [1.165, 1.54) is 28.7 Å². The standard InChI is InChI=1S/C18H22N6OS2/c1-10(2)24-15(14-8-6-7-11(3)9-14)21-23-18(24)26-12(4)16(25)19-17-22-20-13(5)27-17/h6-10,12H,1-5H3,(H,19,22,25)/t12-/m0/s1. The number of hydrogen-bond acceptors (Lipinski definition) is 7. The van der Waals surface area contributed by atoms with Crippen molar-refractivity contribution < 1.29 is 4.79 Å². The van der Waals surface area contributed by atoms with E-state index in [4.69, 9.17) is 0 Å². The van der Waals surface area contributed by atoms with Gasteiger partial charge in [0, 0.05) is 11.6 Å². The fraction of sp³-hybridized carbons (Fsp3) is 0.389. The third kappa shape index (κ3) is 4.54. The number of rotatable bonds is 6. The van der Waals surface area contributed by atoms with E-state index in [2.05, 4.69) is 63.2 Å². The second kappa shape index (κ2) is 8.18. The van der Waals surface area contributed by atoms with Crippen molar-refractivity contribution in [2.75, 3.05) is 5.32 Å². The van der Waals surface area contributed by atoms with Crippen LogP contribution < -0.4 is 5.32 Å².